The zero-order chi connectivity index (χ0) is 16.5. The first-order valence-corrected chi connectivity index (χ1v) is 7.49. The van der Waals surface area contributed by atoms with E-state index >= 15 is 0 Å². The van der Waals surface area contributed by atoms with Crippen molar-refractivity contribution in [3.63, 3.8) is 0 Å². The normalized spacial score (nSPS) is 11.5. The van der Waals surface area contributed by atoms with E-state index < -0.39 is 0 Å². The van der Waals surface area contributed by atoms with Gasteiger partial charge in [0.25, 0.3) is 0 Å². The number of nitrogens with two attached hydrogens (primary N) is 2. The van der Waals surface area contributed by atoms with Gasteiger partial charge in [-0.3, -0.25) is 0 Å². The number of nitrogens with one attached hydrogen (secondary N) is 1. The summed E-state index contributed by atoms with van der Waals surface area (Å²) in [5, 5.41) is 3.04. The number of anilines is 2. The van der Waals surface area contributed by atoms with Gasteiger partial charge in [-0.2, -0.15) is 4.98 Å². The Kier molecular flexibility index (Phi) is 7.32. The van der Waals surface area contributed by atoms with Gasteiger partial charge in [-0.1, -0.05) is 49.2 Å². The molecule has 0 aliphatic rings. The van der Waals surface area contributed by atoms with Crippen molar-refractivity contribution in [3.05, 3.63) is 47.7 Å². The van der Waals surface area contributed by atoms with E-state index in [1.165, 1.54) is 11.1 Å². The number of rotatable bonds is 4. The van der Waals surface area contributed by atoms with Crippen LogP contribution in [0.25, 0.3) is 0 Å². The van der Waals surface area contributed by atoms with Gasteiger partial charge in [0.05, 0.1) is 0 Å². The molecule has 5 nitrogen and oxygen atoms in total. The molecule has 1 aromatic heterocycles. The lowest BCUT2D eigenvalue weighted by Gasteiger charge is -2.15. The Labute approximate surface area is 133 Å². The molecule has 2 rings (SSSR count). The highest BCUT2D eigenvalue weighted by Gasteiger charge is 2.07. The highest BCUT2D eigenvalue weighted by Crippen LogP contribution is 2.03. The lowest BCUT2D eigenvalue weighted by atomic mass is 10.1. The maximum atomic E-state index is 5.85. The first-order chi connectivity index (χ1) is 10.4. The number of hydrogen-bond acceptors (Lipinski definition) is 5. The maximum Gasteiger partial charge on any atom is 0.224 e. The number of nitrogen functional groups attached to an aromatic ring is 1. The predicted molar refractivity (Wildman–Crippen MR) is 93.7 cm³/mol. The molecule has 0 spiro atoms. The zero-order valence-electron chi connectivity index (χ0n) is 13.9. The van der Waals surface area contributed by atoms with Crippen molar-refractivity contribution in [3.8, 4) is 0 Å². The Hall–Kier alpha value is -2.14. The van der Waals surface area contributed by atoms with Crippen molar-refractivity contribution in [1.29, 1.82) is 0 Å². The molecule has 5 N–H and O–H groups in total. The standard InChI is InChI=1S/C9H17N5.C8H10/c1-6(2)7(10)5-13-9-12-4-3-8(11)14-9;1-7-4-3-5-8(2)6-7/h3-4,6-7H,5,10H2,1-2H3,(H3,11,12,13,14);3-6H,1-2H3. The Morgan fingerprint density at radius 2 is 1.77 bits per heavy atom. The molecular formula is C17H27N5. The first kappa shape index (κ1) is 17.9. The van der Waals surface area contributed by atoms with Crippen LogP contribution in [0.5, 0.6) is 0 Å². The molecule has 5 heteroatoms. The molecule has 1 unspecified atom stereocenters. The molecule has 0 saturated carbocycles. The second kappa shape index (κ2) is 9.00. The maximum absolute atomic E-state index is 5.85. The summed E-state index contributed by atoms with van der Waals surface area (Å²) in [5.74, 6) is 1.42. The third kappa shape index (κ3) is 7.04. The third-order valence-corrected chi connectivity index (χ3v) is 3.20. The van der Waals surface area contributed by atoms with Crippen molar-refractivity contribution in [2.24, 2.45) is 11.7 Å². The van der Waals surface area contributed by atoms with Gasteiger partial charge in [-0.05, 0) is 25.8 Å². The molecular weight excluding hydrogens is 274 g/mol. The minimum absolute atomic E-state index is 0.0973. The first-order valence-electron chi connectivity index (χ1n) is 7.49. The SMILES string of the molecule is CC(C)C(N)CNc1nccc(N)n1.Cc1cccc(C)c1. The van der Waals surface area contributed by atoms with E-state index in [0.29, 0.717) is 24.2 Å². The molecule has 0 saturated heterocycles. The van der Waals surface area contributed by atoms with Crippen LogP contribution < -0.4 is 16.8 Å². The summed E-state index contributed by atoms with van der Waals surface area (Å²) in [4.78, 5) is 8.02. The minimum Gasteiger partial charge on any atom is -0.384 e. The monoisotopic (exact) mass is 301 g/mol. The van der Waals surface area contributed by atoms with Gasteiger partial charge in [0.2, 0.25) is 5.95 Å². The molecule has 0 aliphatic carbocycles. The van der Waals surface area contributed by atoms with Crippen molar-refractivity contribution in [2.75, 3.05) is 17.6 Å². The molecule has 1 aromatic carbocycles. The molecule has 0 aliphatic heterocycles. The summed E-state index contributed by atoms with van der Waals surface area (Å²) >= 11 is 0. The van der Waals surface area contributed by atoms with Crippen LogP contribution in [-0.4, -0.2) is 22.6 Å². The van der Waals surface area contributed by atoms with Crippen LogP contribution in [0.15, 0.2) is 36.5 Å². The summed E-state index contributed by atoms with van der Waals surface area (Å²) in [6, 6.07) is 10.2. The number of aromatic nitrogens is 2. The number of nitrogens with zero attached hydrogens (tertiary/aromatic N) is 2. The van der Waals surface area contributed by atoms with Gasteiger partial charge in [-0.15, -0.1) is 0 Å². The molecule has 1 atom stereocenters. The quantitative estimate of drug-likeness (QED) is 0.808. The highest BCUT2D eigenvalue weighted by molar-refractivity contribution is 5.35. The molecule has 0 fully saturated rings. The van der Waals surface area contributed by atoms with Gasteiger partial charge in [-0.25, -0.2) is 4.98 Å². The van der Waals surface area contributed by atoms with Crippen molar-refractivity contribution >= 4 is 11.8 Å². The van der Waals surface area contributed by atoms with Crippen LogP contribution in [0.1, 0.15) is 25.0 Å². The summed E-state index contributed by atoms with van der Waals surface area (Å²) in [5.41, 5.74) is 14.0. The Morgan fingerprint density at radius 1 is 1.14 bits per heavy atom. The fourth-order valence-electron chi connectivity index (χ4n) is 1.71. The van der Waals surface area contributed by atoms with E-state index in [1.54, 1.807) is 12.3 Å². The van der Waals surface area contributed by atoms with Crippen LogP contribution in [-0.2, 0) is 0 Å². The van der Waals surface area contributed by atoms with E-state index in [-0.39, 0.29) is 6.04 Å². The fourth-order valence-corrected chi connectivity index (χ4v) is 1.71. The molecule has 22 heavy (non-hydrogen) atoms. The average molecular weight is 301 g/mol. The summed E-state index contributed by atoms with van der Waals surface area (Å²) in [6.45, 7) is 9.01. The number of aryl methyl sites for hydroxylation is 2. The van der Waals surface area contributed by atoms with E-state index in [0.717, 1.165) is 0 Å². The van der Waals surface area contributed by atoms with E-state index in [2.05, 4.69) is 67.2 Å². The Bertz CT molecular complexity index is 551. The molecule has 120 valence electrons. The second-order valence-corrected chi connectivity index (χ2v) is 5.75. The molecule has 0 radical (unpaired) electrons. The lowest BCUT2D eigenvalue weighted by Crippen LogP contribution is -2.34. The smallest absolute Gasteiger partial charge is 0.224 e. The third-order valence-electron chi connectivity index (χ3n) is 3.20. The van der Waals surface area contributed by atoms with Gasteiger partial charge in [0.1, 0.15) is 5.82 Å². The van der Waals surface area contributed by atoms with Crippen LogP contribution in [0.2, 0.25) is 0 Å². The molecule has 2 aromatic rings. The molecule has 0 amide bonds. The fraction of sp³-hybridized carbons (Fsp3) is 0.412. The average Bonchev–Trinajstić information content (AvgIpc) is 2.45. The number of hydrogen-bond donors (Lipinski definition) is 3. The second-order valence-electron chi connectivity index (χ2n) is 5.75. The van der Waals surface area contributed by atoms with Crippen molar-refractivity contribution < 1.29 is 0 Å². The minimum atomic E-state index is 0.0973. The lowest BCUT2D eigenvalue weighted by molar-refractivity contribution is 0.510. The highest BCUT2D eigenvalue weighted by atomic mass is 15.1. The summed E-state index contributed by atoms with van der Waals surface area (Å²) in [6.07, 6.45) is 1.62. The van der Waals surface area contributed by atoms with E-state index in [1.807, 2.05) is 0 Å². The van der Waals surface area contributed by atoms with Gasteiger partial charge in [0.15, 0.2) is 0 Å². The van der Waals surface area contributed by atoms with Gasteiger partial charge >= 0.3 is 0 Å². The molecule has 0 bridgehead atoms. The van der Waals surface area contributed by atoms with E-state index in [9.17, 15) is 0 Å². The molecule has 1 heterocycles. The topological polar surface area (TPSA) is 89.8 Å². The van der Waals surface area contributed by atoms with Gasteiger partial charge in [0, 0.05) is 18.8 Å². The van der Waals surface area contributed by atoms with Crippen LogP contribution >= 0.6 is 0 Å². The largest absolute Gasteiger partial charge is 0.384 e. The number of benzene rings is 1. The predicted octanol–water partition coefficient (Wildman–Crippen LogP) is 2.76. The van der Waals surface area contributed by atoms with Crippen molar-refractivity contribution in [2.45, 2.75) is 33.7 Å². The Balaban J connectivity index is 0.000000255. The van der Waals surface area contributed by atoms with Crippen LogP contribution in [0, 0.1) is 19.8 Å². The van der Waals surface area contributed by atoms with Crippen LogP contribution in [0.3, 0.4) is 0 Å². The summed E-state index contributed by atoms with van der Waals surface area (Å²) < 4.78 is 0. The van der Waals surface area contributed by atoms with Crippen LogP contribution in [0.4, 0.5) is 11.8 Å². The summed E-state index contributed by atoms with van der Waals surface area (Å²) in [7, 11) is 0. The van der Waals surface area contributed by atoms with Crippen molar-refractivity contribution in [1.82, 2.24) is 9.97 Å². The van der Waals surface area contributed by atoms with E-state index in [4.69, 9.17) is 11.5 Å². The Morgan fingerprint density at radius 3 is 2.23 bits per heavy atom. The zero-order valence-corrected chi connectivity index (χ0v) is 13.9. The van der Waals surface area contributed by atoms with Gasteiger partial charge < -0.3 is 16.8 Å².